The Morgan fingerprint density at radius 2 is 1.59 bits per heavy atom. The highest BCUT2D eigenvalue weighted by molar-refractivity contribution is 6.38. The predicted molar refractivity (Wildman–Crippen MR) is 150 cm³/mol. The van der Waals surface area contributed by atoms with Gasteiger partial charge in [-0.1, -0.05) is 67.4 Å². The Kier molecular flexibility index (Phi) is 10.9. The van der Waals surface area contributed by atoms with Gasteiger partial charge in [-0.2, -0.15) is 0 Å². The number of hydrogen-bond donors (Lipinski definition) is 4. The van der Waals surface area contributed by atoms with Crippen molar-refractivity contribution in [2.24, 2.45) is 11.7 Å². The smallest absolute Gasteiger partial charge is 0.168 e. The molecule has 0 saturated heterocycles. The third-order valence-corrected chi connectivity index (χ3v) is 6.04. The molecule has 0 atom stereocenters. The van der Waals surface area contributed by atoms with E-state index in [2.05, 4.69) is 0 Å². The van der Waals surface area contributed by atoms with Crippen LogP contribution in [0.2, 0.25) is 10.0 Å². The normalized spacial score (nSPS) is 11.2. The number of carbonyl (C=O) groups excluding carboxylic acids is 2. The number of nitrogen functional groups attached to an aromatic ring is 1. The van der Waals surface area contributed by atoms with Gasteiger partial charge in [-0.05, 0) is 41.5 Å². The average molecular weight is 542 g/mol. The molecule has 0 spiro atoms. The molecule has 3 aromatic rings. The van der Waals surface area contributed by atoms with Crippen molar-refractivity contribution in [1.82, 2.24) is 0 Å². The number of aliphatic hydroxyl groups is 1. The van der Waals surface area contributed by atoms with Gasteiger partial charge in [0.1, 0.15) is 18.1 Å². The number of nitrogens with one attached hydrogen (secondary N) is 1. The summed E-state index contributed by atoms with van der Waals surface area (Å²) >= 11 is 12.6. The number of aliphatic hydroxyl groups excluding tert-OH is 1. The Hall–Kier alpha value is -3.65. The summed E-state index contributed by atoms with van der Waals surface area (Å²) in [5.74, 6) is 0.0738. The van der Waals surface area contributed by atoms with Crippen molar-refractivity contribution in [2.75, 3.05) is 19.5 Å². The molecule has 0 bridgehead atoms. The number of ketones is 1. The molecule has 0 amide bonds. The van der Waals surface area contributed by atoms with Crippen molar-refractivity contribution in [3.05, 3.63) is 87.4 Å². The number of halogens is 2. The molecule has 0 fully saturated rings. The van der Waals surface area contributed by atoms with E-state index < -0.39 is 0 Å². The predicted octanol–water partition coefficient (Wildman–Crippen LogP) is 5.39. The zero-order valence-electron chi connectivity index (χ0n) is 20.7. The first kappa shape index (κ1) is 29.6. The van der Waals surface area contributed by atoms with E-state index in [0.717, 1.165) is 18.2 Å². The quantitative estimate of drug-likeness (QED) is 0.124. The lowest BCUT2D eigenvalue weighted by Gasteiger charge is -2.16. The number of carbonyl (C=O) groups is 2. The molecule has 0 aliphatic heterocycles. The van der Waals surface area contributed by atoms with E-state index in [4.69, 9.17) is 49.9 Å². The summed E-state index contributed by atoms with van der Waals surface area (Å²) in [7, 11) is 1.00. The molecular formula is C28H29Cl2N3O4. The lowest BCUT2D eigenvalue weighted by molar-refractivity contribution is -0.118. The van der Waals surface area contributed by atoms with Gasteiger partial charge in [0.25, 0.3) is 0 Å². The van der Waals surface area contributed by atoms with Gasteiger partial charge in [-0.15, -0.1) is 0 Å². The van der Waals surface area contributed by atoms with Crippen molar-refractivity contribution in [1.29, 1.82) is 5.41 Å². The van der Waals surface area contributed by atoms with Gasteiger partial charge < -0.3 is 21.3 Å². The number of nitrogens with two attached hydrogens (primary N) is 2. The Labute approximate surface area is 226 Å². The number of anilines is 1. The van der Waals surface area contributed by atoms with Gasteiger partial charge in [0.15, 0.2) is 12.1 Å². The fraction of sp³-hybridized carbons (Fsp3) is 0.179. The Bertz CT molecular complexity index is 1300. The van der Waals surface area contributed by atoms with Gasteiger partial charge >= 0.3 is 0 Å². The first-order chi connectivity index (χ1) is 17.6. The maximum Gasteiger partial charge on any atom is 0.168 e. The topological polar surface area (TPSA) is 139 Å². The van der Waals surface area contributed by atoms with Gasteiger partial charge in [0.05, 0.1) is 21.3 Å². The molecule has 0 radical (unpaired) electrons. The second kappa shape index (κ2) is 13.6. The highest BCUT2D eigenvalue weighted by Gasteiger charge is 2.21. The van der Waals surface area contributed by atoms with E-state index in [1.165, 1.54) is 0 Å². The highest BCUT2D eigenvalue weighted by atomic mass is 35.5. The van der Waals surface area contributed by atoms with Crippen LogP contribution < -0.4 is 16.2 Å². The Morgan fingerprint density at radius 1 is 1.03 bits per heavy atom. The first-order valence-electron chi connectivity index (χ1n) is 11.2. The number of Topliss-reactive ketones (excluding diaryl/α,β-unsaturated/α-hetero) is 1. The number of benzene rings is 3. The number of hydrogen-bond acceptors (Lipinski definition) is 7. The number of aldehydes is 1. The van der Waals surface area contributed by atoms with Crippen LogP contribution in [-0.4, -0.2) is 36.6 Å². The summed E-state index contributed by atoms with van der Waals surface area (Å²) in [5, 5.41) is 15.4. The molecule has 3 rings (SSSR count). The zero-order valence-corrected chi connectivity index (χ0v) is 22.2. The summed E-state index contributed by atoms with van der Waals surface area (Å²) in [4.78, 5) is 23.8. The van der Waals surface area contributed by atoms with Crippen LogP contribution in [-0.2, 0) is 9.59 Å². The molecule has 194 valence electrons. The largest absolute Gasteiger partial charge is 0.489 e. The Morgan fingerprint density at radius 3 is 2.11 bits per heavy atom. The summed E-state index contributed by atoms with van der Waals surface area (Å²) < 4.78 is 5.90. The molecule has 0 heterocycles. The zero-order chi connectivity index (χ0) is 27.7. The molecule has 0 saturated carbocycles. The van der Waals surface area contributed by atoms with E-state index >= 15 is 0 Å². The van der Waals surface area contributed by atoms with Gasteiger partial charge in [0.2, 0.25) is 0 Å². The van der Waals surface area contributed by atoms with Crippen molar-refractivity contribution < 1.29 is 19.4 Å². The summed E-state index contributed by atoms with van der Waals surface area (Å²) in [6.45, 7) is 3.51. The minimum atomic E-state index is -0.301. The monoisotopic (exact) mass is 541 g/mol. The molecule has 37 heavy (non-hydrogen) atoms. The van der Waals surface area contributed by atoms with Crippen LogP contribution in [0.1, 0.15) is 25.0 Å². The van der Waals surface area contributed by atoms with E-state index in [0.29, 0.717) is 44.5 Å². The number of rotatable bonds is 9. The lowest BCUT2D eigenvalue weighted by Crippen LogP contribution is -2.21. The fourth-order valence-electron chi connectivity index (χ4n) is 3.49. The summed E-state index contributed by atoms with van der Waals surface area (Å²) in [5.41, 5.74) is 15.5. The van der Waals surface area contributed by atoms with Crippen LogP contribution in [0.4, 0.5) is 5.69 Å². The summed E-state index contributed by atoms with van der Waals surface area (Å²) in [6, 6.07) is 17.4. The van der Waals surface area contributed by atoms with Gasteiger partial charge in [-0.25, -0.2) is 0 Å². The van der Waals surface area contributed by atoms with Crippen LogP contribution in [0.15, 0.2) is 66.2 Å². The molecule has 0 aromatic heterocycles. The van der Waals surface area contributed by atoms with Gasteiger partial charge in [-0.3, -0.25) is 15.0 Å². The van der Waals surface area contributed by atoms with Crippen molar-refractivity contribution in [3.63, 3.8) is 0 Å². The van der Waals surface area contributed by atoms with Crippen molar-refractivity contribution in [2.45, 2.75) is 13.8 Å². The fourth-order valence-corrected chi connectivity index (χ4v) is 4.09. The van der Waals surface area contributed by atoms with Gasteiger partial charge in [0, 0.05) is 29.8 Å². The molecule has 3 aromatic carbocycles. The lowest BCUT2D eigenvalue weighted by atomic mass is 9.97. The third-order valence-electron chi connectivity index (χ3n) is 5.41. The Balaban J connectivity index is 0.00000235. The van der Waals surface area contributed by atoms with Crippen LogP contribution in [0.3, 0.4) is 0 Å². The van der Waals surface area contributed by atoms with Crippen molar-refractivity contribution >= 4 is 52.4 Å². The molecule has 7 nitrogen and oxygen atoms in total. The first-order valence-corrected chi connectivity index (χ1v) is 12.0. The second-order valence-electron chi connectivity index (χ2n) is 8.15. The van der Waals surface area contributed by atoms with E-state index in [9.17, 15) is 9.59 Å². The molecule has 9 heteroatoms. The molecule has 0 aliphatic rings. The third kappa shape index (κ3) is 7.20. The minimum Gasteiger partial charge on any atom is -0.489 e. The van der Waals surface area contributed by atoms with Crippen LogP contribution in [0.5, 0.6) is 5.75 Å². The average Bonchev–Trinajstić information content (AvgIpc) is 2.89. The van der Waals surface area contributed by atoms with E-state index in [1.807, 2.05) is 12.1 Å². The summed E-state index contributed by atoms with van der Waals surface area (Å²) in [6.07, 6.45) is 0.455. The number of ether oxygens (including phenoxy) is 1. The molecule has 0 aliphatic carbocycles. The maximum absolute atomic E-state index is 12.9. The molecule has 6 N–H and O–H groups in total. The molecular weight excluding hydrogens is 513 g/mol. The SMILES string of the molecule is CC(C)C(=O)/C(COc1ccc(-c2ccc(C(=N)C=O)c(N)c2)cc1)=C(\N)c1c(Cl)cccc1Cl.CO. The highest BCUT2D eigenvalue weighted by Crippen LogP contribution is 2.32. The second-order valence-corrected chi connectivity index (χ2v) is 8.97. The molecule has 0 unspecified atom stereocenters. The maximum atomic E-state index is 12.9. The van der Waals surface area contributed by atoms with Crippen molar-refractivity contribution in [3.8, 4) is 16.9 Å². The van der Waals surface area contributed by atoms with E-state index in [1.54, 1.807) is 62.4 Å². The minimum absolute atomic E-state index is 0.0564. The van der Waals surface area contributed by atoms with Crippen LogP contribution in [0, 0.1) is 11.3 Å². The van der Waals surface area contributed by atoms with Crippen LogP contribution >= 0.6 is 23.2 Å². The van der Waals surface area contributed by atoms with Crippen LogP contribution in [0.25, 0.3) is 16.8 Å². The van der Waals surface area contributed by atoms with E-state index in [-0.39, 0.29) is 29.7 Å². The standard InChI is InChI=1S/C27H25Cl2N3O3.CH4O/c1-15(2)27(34)20(26(32)25-21(28)4-3-5-22(25)29)14-35-18-9-6-16(7-10-18)17-8-11-19(23(30)12-17)24(31)13-33;1-2/h3-13,15,31H,14,30,32H2,1-2H3;2H,1H3/b26-20-,31-24?;.